The van der Waals surface area contributed by atoms with E-state index in [1.807, 2.05) is 0 Å². The molecule has 1 aromatic carbocycles. The second-order valence-electron chi connectivity index (χ2n) is 5.22. The smallest absolute Gasteiger partial charge is 0.409 e. The van der Waals surface area contributed by atoms with E-state index in [4.69, 9.17) is 4.74 Å². The number of tetrazole rings is 1. The minimum Gasteiger partial charge on any atom is -0.453 e. The fourth-order valence-electron chi connectivity index (χ4n) is 2.53. The molecule has 0 bridgehead atoms. The lowest BCUT2D eigenvalue weighted by molar-refractivity contribution is 0.0878. The molecule has 2 aromatic rings. The van der Waals surface area contributed by atoms with Crippen LogP contribution in [0, 0.1) is 5.82 Å². The van der Waals surface area contributed by atoms with Crippen LogP contribution in [0.4, 0.5) is 9.18 Å². The minimum absolute atomic E-state index is 0.311. The standard InChI is InChI=1S/C14H17FN6O2/c1-23-14(22)20-7-5-19(6-8-20)10-13-16-17-18-21(13)12-4-2-3-11(15)9-12/h2-4,9H,5-8,10H2,1H3. The van der Waals surface area contributed by atoms with Crippen molar-refractivity contribution in [1.82, 2.24) is 30.0 Å². The van der Waals surface area contributed by atoms with E-state index >= 15 is 0 Å². The number of rotatable bonds is 3. The van der Waals surface area contributed by atoms with Gasteiger partial charge in [-0.15, -0.1) is 5.10 Å². The summed E-state index contributed by atoms with van der Waals surface area (Å²) >= 11 is 0. The van der Waals surface area contributed by atoms with Crippen LogP contribution in [-0.4, -0.2) is 69.4 Å². The molecule has 0 atom stereocenters. The van der Waals surface area contributed by atoms with E-state index in [-0.39, 0.29) is 11.9 Å². The van der Waals surface area contributed by atoms with Crippen LogP contribution in [0.5, 0.6) is 0 Å². The van der Waals surface area contributed by atoms with Crippen LogP contribution < -0.4 is 0 Å². The Kier molecular flexibility index (Phi) is 4.47. The number of carbonyl (C=O) groups is 1. The number of carbonyl (C=O) groups excluding carboxylic acids is 1. The summed E-state index contributed by atoms with van der Waals surface area (Å²) in [6.45, 7) is 3.11. The maximum Gasteiger partial charge on any atom is 0.409 e. The average Bonchev–Trinajstić information content (AvgIpc) is 3.03. The van der Waals surface area contributed by atoms with E-state index in [0.717, 1.165) is 0 Å². The Morgan fingerprint density at radius 2 is 2.09 bits per heavy atom. The Labute approximate surface area is 132 Å². The van der Waals surface area contributed by atoms with Crippen LogP contribution in [0.3, 0.4) is 0 Å². The molecule has 1 saturated heterocycles. The third-order valence-corrected chi connectivity index (χ3v) is 3.76. The van der Waals surface area contributed by atoms with Crippen LogP contribution >= 0.6 is 0 Å². The number of hydrogen-bond donors (Lipinski definition) is 0. The molecule has 9 heteroatoms. The number of ether oxygens (including phenoxy) is 1. The van der Waals surface area contributed by atoms with E-state index < -0.39 is 0 Å². The average molecular weight is 320 g/mol. The second-order valence-corrected chi connectivity index (χ2v) is 5.22. The van der Waals surface area contributed by atoms with E-state index in [1.54, 1.807) is 17.0 Å². The Hall–Kier alpha value is -2.55. The molecule has 0 unspecified atom stereocenters. The first-order valence-electron chi connectivity index (χ1n) is 7.26. The first-order valence-corrected chi connectivity index (χ1v) is 7.26. The van der Waals surface area contributed by atoms with Crippen molar-refractivity contribution in [2.24, 2.45) is 0 Å². The van der Waals surface area contributed by atoms with Gasteiger partial charge >= 0.3 is 6.09 Å². The third-order valence-electron chi connectivity index (χ3n) is 3.76. The first kappa shape index (κ1) is 15.3. The normalized spacial score (nSPS) is 15.7. The number of amides is 1. The van der Waals surface area contributed by atoms with Crippen molar-refractivity contribution < 1.29 is 13.9 Å². The van der Waals surface area contributed by atoms with E-state index in [9.17, 15) is 9.18 Å². The zero-order valence-corrected chi connectivity index (χ0v) is 12.7. The molecular formula is C14H17FN6O2. The van der Waals surface area contributed by atoms with Crippen LogP contribution in [0.25, 0.3) is 5.69 Å². The molecule has 0 aliphatic carbocycles. The quantitative estimate of drug-likeness (QED) is 0.828. The molecule has 8 nitrogen and oxygen atoms in total. The summed E-state index contributed by atoms with van der Waals surface area (Å²) in [4.78, 5) is 15.3. The van der Waals surface area contributed by atoms with Crippen LogP contribution in [0.15, 0.2) is 24.3 Å². The van der Waals surface area contributed by atoms with Gasteiger partial charge in [-0.1, -0.05) is 6.07 Å². The molecule has 1 fully saturated rings. The number of nitrogens with zero attached hydrogens (tertiary/aromatic N) is 6. The highest BCUT2D eigenvalue weighted by molar-refractivity contribution is 5.67. The van der Waals surface area contributed by atoms with Gasteiger partial charge in [0, 0.05) is 26.2 Å². The van der Waals surface area contributed by atoms with Crippen LogP contribution in [0.1, 0.15) is 5.82 Å². The summed E-state index contributed by atoms with van der Waals surface area (Å²) < 4.78 is 19.6. The number of halogens is 1. The maximum absolute atomic E-state index is 13.4. The number of aromatic nitrogens is 4. The lowest BCUT2D eigenvalue weighted by atomic mass is 10.3. The van der Waals surface area contributed by atoms with Crippen LogP contribution in [-0.2, 0) is 11.3 Å². The van der Waals surface area contributed by atoms with Gasteiger partial charge in [-0.3, -0.25) is 4.90 Å². The molecule has 0 N–H and O–H groups in total. The van der Waals surface area contributed by atoms with Gasteiger partial charge in [0.25, 0.3) is 0 Å². The molecule has 1 aliphatic heterocycles. The molecule has 2 heterocycles. The number of benzene rings is 1. The molecule has 1 amide bonds. The SMILES string of the molecule is COC(=O)N1CCN(Cc2nnnn2-c2cccc(F)c2)CC1. The van der Waals surface area contributed by atoms with Gasteiger partial charge in [-0.25, -0.2) is 9.18 Å². The largest absolute Gasteiger partial charge is 0.453 e. The van der Waals surface area contributed by atoms with Gasteiger partial charge in [0.15, 0.2) is 5.82 Å². The highest BCUT2D eigenvalue weighted by Gasteiger charge is 2.23. The van der Waals surface area contributed by atoms with E-state index in [2.05, 4.69) is 20.4 Å². The second kappa shape index (κ2) is 6.69. The van der Waals surface area contributed by atoms with Gasteiger partial charge in [-0.2, -0.15) is 4.68 Å². The van der Waals surface area contributed by atoms with Crippen molar-refractivity contribution in [3.63, 3.8) is 0 Å². The monoisotopic (exact) mass is 320 g/mol. The Balaban J connectivity index is 1.66. The summed E-state index contributed by atoms with van der Waals surface area (Å²) in [6, 6.07) is 6.12. The van der Waals surface area contributed by atoms with Gasteiger partial charge in [0.2, 0.25) is 0 Å². The number of methoxy groups -OCH3 is 1. The van der Waals surface area contributed by atoms with E-state index in [0.29, 0.717) is 44.2 Å². The minimum atomic E-state index is -0.337. The highest BCUT2D eigenvalue weighted by Crippen LogP contribution is 2.12. The van der Waals surface area contributed by atoms with Crippen molar-refractivity contribution >= 4 is 6.09 Å². The van der Waals surface area contributed by atoms with Crippen molar-refractivity contribution in [3.8, 4) is 5.69 Å². The lowest BCUT2D eigenvalue weighted by Gasteiger charge is -2.33. The molecule has 0 spiro atoms. The Bertz CT molecular complexity index is 683. The Morgan fingerprint density at radius 1 is 1.30 bits per heavy atom. The van der Waals surface area contributed by atoms with Gasteiger partial charge in [0.1, 0.15) is 5.82 Å². The van der Waals surface area contributed by atoms with Crippen LogP contribution in [0.2, 0.25) is 0 Å². The summed E-state index contributed by atoms with van der Waals surface area (Å²) in [5, 5.41) is 11.6. The molecule has 1 aliphatic rings. The molecule has 1 aromatic heterocycles. The van der Waals surface area contributed by atoms with Crippen molar-refractivity contribution in [2.75, 3.05) is 33.3 Å². The summed E-state index contributed by atoms with van der Waals surface area (Å²) in [6.07, 6.45) is -0.311. The zero-order chi connectivity index (χ0) is 16.2. The Morgan fingerprint density at radius 3 is 2.78 bits per heavy atom. The lowest BCUT2D eigenvalue weighted by Crippen LogP contribution is -2.48. The molecule has 122 valence electrons. The number of piperazine rings is 1. The van der Waals surface area contributed by atoms with Gasteiger partial charge < -0.3 is 9.64 Å². The summed E-state index contributed by atoms with van der Waals surface area (Å²) in [5.74, 6) is 0.290. The fourth-order valence-corrected chi connectivity index (χ4v) is 2.53. The van der Waals surface area contributed by atoms with Crippen molar-refractivity contribution in [1.29, 1.82) is 0 Å². The maximum atomic E-state index is 13.4. The summed E-state index contributed by atoms with van der Waals surface area (Å²) in [7, 11) is 1.38. The predicted molar refractivity (Wildman–Crippen MR) is 78.4 cm³/mol. The van der Waals surface area contributed by atoms with E-state index in [1.165, 1.54) is 23.9 Å². The molecule has 3 rings (SSSR count). The highest BCUT2D eigenvalue weighted by atomic mass is 19.1. The molecular weight excluding hydrogens is 303 g/mol. The fraction of sp³-hybridized carbons (Fsp3) is 0.429. The predicted octanol–water partition coefficient (Wildman–Crippen LogP) is 0.685. The third kappa shape index (κ3) is 3.45. The molecule has 0 saturated carbocycles. The first-order chi connectivity index (χ1) is 11.2. The van der Waals surface area contributed by atoms with Gasteiger partial charge in [0.05, 0.1) is 19.3 Å². The molecule has 23 heavy (non-hydrogen) atoms. The van der Waals surface area contributed by atoms with Crippen molar-refractivity contribution in [2.45, 2.75) is 6.54 Å². The van der Waals surface area contributed by atoms with Crippen molar-refractivity contribution in [3.05, 3.63) is 35.9 Å². The number of hydrogen-bond acceptors (Lipinski definition) is 6. The molecule has 0 radical (unpaired) electrons. The van der Waals surface area contributed by atoms with Gasteiger partial charge in [-0.05, 0) is 28.6 Å². The zero-order valence-electron chi connectivity index (χ0n) is 12.7. The summed E-state index contributed by atoms with van der Waals surface area (Å²) in [5.41, 5.74) is 0.582. The topological polar surface area (TPSA) is 76.4 Å².